The maximum Gasteiger partial charge on any atom is 0.270 e. The Morgan fingerprint density at radius 2 is 2.25 bits per heavy atom. The number of sulfone groups is 1. The molecule has 0 unspecified atom stereocenters. The molecule has 0 aliphatic carbocycles. The molecule has 1 heterocycles. The fourth-order valence-corrected chi connectivity index (χ4v) is 1.89. The smallest absolute Gasteiger partial charge is 0.258 e. The van der Waals surface area contributed by atoms with Crippen molar-refractivity contribution in [1.82, 2.24) is 0 Å². The van der Waals surface area contributed by atoms with Gasteiger partial charge in [-0.15, -0.1) is 0 Å². The molecule has 5 nitrogen and oxygen atoms in total. The molecule has 0 spiro atoms. The molecule has 0 aliphatic rings. The van der Waals surface area contributed by atoms with E-state index < -0.39 is 14.8 Å². The maximum atomic E-state index is 10.8. The fraction of sp³-hybridized carbons (Fsp3) is 0.111. The van der Waals surface area contributed by atoms with Crippen LogP contribution in [0.3, 0.4) is 0 Å². The van der Waals surface area contributed by atoms with Crippen LogP contribution in [0.5, 0.6) is 0 Å². The van der Waals surface area contributed by atoms with Crippen molar-refractivity contribution in [3.05, 3.63) is 49.7 Å². The van der Waals surface area contributed by atoms with Crippen LogP contribution in [0.1, 0.15) is 5.56 Å². The molecule has 1 aromatic rings. The van der Waals surface area contributed by atoms with Crippen molar-refractivity contribution in [2.45, 2.75) is 0 Å². The van der Waals surface area contributed by atoms with Crippen LogP contribution >= 0.6 is 11.3 Å². The zero-order chi connectivity index (χ0) is 12.2. The molecule has 0 bridgehead atoms. The van der Waals surface area contributed by atoms with Gasteiger partial charge in [-0.1, -0.05) is 0 Å². The lowest BCUT2D eigenvalue weighted by Gasteiger charge is -1.90. The van der Waals surface area contributed by atoms with Crippen LogP contribution in [0.15, 0.2) is 34.0 Å². The van der Waals surface area contributed by atoms with Gasteiger partial charge in [0.15, 0.2) is 9.84 Å². The van der Waals surface area contributed by atoms with Crippen molar-refractivity contribution >= 4 is 27.3 Å². The molecule has 0 fully saturated rings. The summed E-state index contributed by atoms with van der Waals surface area (Å²) in [4.78, 5) is 10.0. The highest BCUT2D eigenvalue weighted by atomic mass is 32.2. The average Bonchev–Trinajstić information content (AvgIpc) is 2.62. The van der Waals surface area contributed by atoms with Crippen LogP contribution in [0, 0.1) is 10.1 Å². The third-order valence-electron chi connectivity index (χ3n) is 1.55. The van der Waals surface area contributed by atoms with Gasteiger partial charge in [0, 0.05) is 23.8 Å². The number of hydrogen-bond donors (Lipinski definition) is 0. The minimum absolute atomic E-state index is 0.260. The van der Waals surface area contributed by atoms with Gasteiger partial charge in [0.1, 0.15) is 0 Å². The molecule has 0 N–H and O–H groups in total. The Labute approximate surface area is 96.8 Å². The van der Waals surface area contributed by atoms with E-state index in [1.54, 1.807) is 16.8 Å². The lowest BCUT2D eigenvalue weighted by atomic mass is 10.3. The second-order valence-electron chi connectivity index (χ2n) is 3.02. The summed E-state index contributed by atoms with van der Waals surface area (Å²) >= 11 is 1.41. The molecule has 7 heteroatoms. The summed E-state index contributed by atoms with van der Waals surface area (Å²) in [6.45, 7) is 0. The second kappa shape index (κ2) is 5.04. The summed E-state index contributed by atoms with van der Waals surface area (Å²) < 4.78 is 21.7. The number of thiophene rings is 1. The zero-order valence-corrected chi connectivity index (χ0v) is 9.99. The second-order valence-corrected chi connectivity index (χ2v) is 5.73. The molecule has 1 aromatic heterocycles. The molecule has 0 saturated carbocycles. The van der Waals surface area contributed by atoms with E-state index in [1.807, 2.05) is 0 Å². The van der Waals surface area contributed by atoms with Gasteiger partial charge in [-0.05, 0) is 22.4 Å². The van der Waals surface area contributed by atoms with E-state index in [2.05, 4.69) is 0 Å². The van der Waals surface area contributed by atoms with Crippen LogP contribution in [0.25, 0.3) is 6.08 Å². The summed E-state index contributed by atoms with van der Waals surface area (Å²) in [5.41, 5.74) is 0.415. The molecule has 1 rings (SSSR count). The number of allylic oxidation sites excluding steroid dienone is 1. The zero-order valence-electron chi connectivity index (χ0n) is 8.36. The van der Waals surface area contributed by atoms with Gasteiger partial charge >= 0.3 is 0 Å². The van der Waals surface area contributed by atoms with Crippen molar-refractivity contribution in [2.24, 2.45) is 0 Å². The van der Waals surface area contributed by atoms with Gasteiger partial charge < -0.3 is 0 Å². The quantitative estimate of drug-likeness (QED) is 0.470. The fourth-order valence-electron chi connectivity index (χ4n) is 0.883. The highest BCUT2D eigenvalue weighted by Crippen LogP contribution is 2.12. The summed E-state index contributed by atoms with van der Waals surface area (Å²) in [6.07, 6.45) is 3.27. The number of rotatable bonds is 4. The average molecular weight is 259 g/mol. The molecule has 0 radical (unpaired) electrons. The number of nitro groups is 1. The van der Waals surface area contributed by atoms with E-state index >= 15 is 0 Å². The summed E-state index contributed by atoms with van der Waals surface area (Å²) in [6, 6.07) is 1.71. The molecule has 0 saturated heterocycles. The van der Waals surface area contributed by atoms with Gasteiger partial charge in [-0.2, -0.15) is 11.3 Å². The predicted octanol–water partition coefficient (Wildman–Crippen LogP) is 1.92. The Morgan fingerprint density at radius 1 is 1.56 bits per heavy atom. The molecule has 0 aliphatic heterocycles. The van der Waals surface area contributed by atoms with E-state index in [0.717, 1.165) is 17.7 Å². The van der Waals surface area contributed by atoms with Crippen LogP contribution in [0.2, 0.25) is 0 Å². The third kappa shape index (κ3) is 4.37. The predicted molar refractivity (Wildman–Crippen MR) is 63.3 cm³/mol. The van der Waals surface area contributed by atoms with Gasteiger partial charge in [0.2, 0.25) is 0 Å². The van der Waals surface area contributed by atoms with Crippen molar-refractivity contribution in [2.75, 3.05) is 6.26 Å². The molecule has 0 atom stereocenters. The van der Waals surface area contributed by atoms with Crippen LogP contribution < -0.4 is 0 Å². The van der Waals surface area contributed by atoms with E-state index in [1.165, 1.54) is 17.4 Å². The number of hydrogen-bond acceptors (Lipinski definition) is 5. The monoisotopic (exact) mass is 259 g/mol. The first-order valence-electron chi connectivity index (χ1n) is 4.15. The first-order valence-corrected chi connectivity index (χ1v) is 7.04. The highest BCUT2D eigenvalue weighted by Gasteiger charge is 2.07. The Kier molecular flexibility index (Phi) is 3.97. The van der Waals surface area contributed by atoms with E-state index in [-0.39, 0.29) is 5.70 Å². The minimum Gasteiger partial charge on any atom is -0.258 e. The van der Waals surface area contributed by atoms with Crippen molar-refractivity contribution in [3.8, 4) is 0 Å². The molecule has 0 amide bonds. The van der Waals surface area contributed by atoms with Gasteiger partial charge in [0.05, 0.1) is 4.92 Å². The molecular weight excluding hydrogens is 250 g/mol. The summed E-state index contributed by atoms with van der Waals surface area (Å²) in [5, 5.41) is 15.0. The Hall–Kier alpha value is -1.47. The van der Waals surface area contributed by atoms with Crippen molar-refractivity contribution in [3.63, 3.8) is 0 Å². The maximum absolute atomic E-state index is 10.8. The van der Waals surface area contributed by atoms with Gasteiger partial charge in [0.25, 0.3) is 5.70 Å². The first kappa shape index (κ1) is 12.6. The van der Waals surface area contributed by atoms with Gasteiger partial charge in [-0.3, -0.25) is 10.1 Å². The van der Waals surface area contributed by atoms with E-state index in [9.17, 15) is 18.5 Å². The molecule has 86 valence electrons. The highest BCUT2D eigenvalue weighted by molar-refractivity contribution is 7.93. The van der Waals surface area contributed by atoms with E-state index in [0.29, 0.717) is 5.56 Å². The normalized spacial score (nSPS) is 13.2. The Balaban J connectivity index is 3.02. The number of nitrogens with zero attached hydrogens (tertiary/aromatic N) is 1. The van der Waals surface area contributed by atoms with Crippen molar-refractivity contribution in [1.29, 1.82) is 0 Å². The first-order chi connectivity index (χ1) is 7.38. The standard InChI is InChI=1S/C9H9NO4S2/c1-16(13,14)5-3-9(10(11)12)6-8-2-4-15-7-8/h2-7H,1H3/b5-3-,9-6+. The SMILES string of the molecule is CS(=O)(=O)/C=C\C(=C/c1ccsc1)[N+](=O)[O-]. The lowest BCUT2D eigenvalue weighted by Crippen LogP contribution is -1.97. The molecular formula is C9H9NO4S2. The lowest BCUT2D eigenvalue weighted by molar-refractivity contribution is -0.417. The molecule has 16 heavy (non-hydrogen) atoms. The third-order valence-corrected chi connectivity index (χ3v) is 2.89. The van der Waals surface area contributed by atoms with Crippen LogP contribution in [0.4, 0.5) is 0 Å². The molecule has 0 aromatic carbocycles. The van der Waals surface area contributed by atoms with Crippen molar-refractivity contribution < 1.29 is 13.3 Å². The Morgan fingerprint density at radius 3 is 2.69 bits per heavy atom. The minimum atomic E-state index is -3.35. The summed E-state index contributed by atoms with van der Waals surface area (Å²) in [5.74, 6) is 0. The van der Waals surface area contributed by atoms with E-state index in [4.69, 9.17) is 0 Å². The topological polar surface area (TPSA) is 77.3 Å². The Bertz CT molecular complexity index is 526. The van der Waals surface area contributed by atoms with Crippen LogP contribution in [-0.2, 0) is 9.84 Å². The van der Waals surface area contributed by atoms with Crippen LogP contribution in [-0.4, -0.2) is 19.6 Å². The summed E-state index contributed by atoms with van der Waals surface area (Å²) in [7, 11) is -3.35. The van der Waals surface area contributed by atoms with Gasteiger partial charge in [-0.25, -0.2) is 8.42 Å². The largest absolute Gasteiger partial charge is 0.270 e.